The van der Waals surface area contributed by atoms with E-state index in [2.05, 4.69) is 34.0 Å². The smallest absolute Gasteiger partial charge is 0.280 e. The van der Waals surface area contributed by atoms with Crippen LogP contribution in [0.4, 0.5) is 5.82 Å². The standard InChI is InChI=1S/C12H15N5OS2/c1-6-7(2)20-8(5-19-6)11-16-12(18-17-11)9-10(13)15-4-3-14-9/h3-4,6-8H,5H2,1-2H3,(H2,13,15). The third-order valence-electron chi connectivity index (χ3n) is 3.21. The van der Waals surface area contributed by atoms with Crippen molar-refractivity contribution in [2.75, 3.05) is 11.5 Å². The van der Waals surface area contributed by atoms with E-state index in [1.165, 1.54) is 6.20 Å². The summed E-state index contributed by atoms with van der Waals surface area (Å²) in [6, 6.07) is 0. The lowest BCUT2D eigenvalue weighted by Crippen LogP contribution is -2.22. The minimum absolute atomic E-state index is 0.251. The molecule has 0 spiro atoms. The lowest BCUT2D eigenvalue weighted by atomic mass is 10.3. The highest BCUT2D eigenvalue weighted by Crippen LogP contribution is 2.43. The number of nitrogens with two attached hydrogens (primary N) is 1. The zero-order valence-electron chi connectivity index (χ0n) is 11.2. The van der Waals surface area contributed by atoms with Crippen LogP contribution in [-0.4, -0.2) is 36.4 Å². The molecule has 2 aromatic rings. The minimum Gasteiger partial charge on any atom is -0.382 e. The van der Waals surface area contributed by atoms with Crippen LogP contribution in [0.15, 0.2) is 16.9 Å². The number of anilines is 1. The van der Waals surface area contributed by atoms with E-state index in [1.807, 2.05) is 23.5 Å². The number of aromatic nitrogens is 4. The lowest BCUT2D eigenvalue weighted by Gasteiger charge is -2.29. The quantitative estimate of drug-likeness (QED) is 0.904. The van der Waals surface area contributed by atoms with Crippen molar-refractivity contribution >= 4 is 29.3 Å². The minimum atomic E-state index is 0.251. The summed E-state index contributed by atoms with van der Waals surface area (Å²) in [5.74, 6) is 2.34. The molecule has 2 N–H and O–H groups in total. The molecule has 2 aromatic heterocycles. The second kappa shape index (κ2) is 5.61. The molecule has 20 heavy (non-hydrogen) atoms. The molecular weight excluding hydrogens is 294 g/mol. The summed E-state index contributed by atoms with van der Waals surface area (Å²) < 4.78 is 5.28. The van der Waals surface area contributed by atoms with Crippen LogP contribution >= 0.6 is 23.5 Å². The normalized spacial score (nSPS) is 26.6. The Labute approximate surface area is 125 Å². The van der Waals surface area contributed by atoms with Crippen LogP contribution in [0, 0.1) is 0 Å². The zero-order valence-corrected chi connectivity index (χ0v) is 12.8. The van der Waals surface area contributed by atoms with Crippen LogP contribution in [0.25, 0.3) is 11.6 Å². The maximum absolute atomic E-state index is 5.77. The summed E-state index contributed by atoms with van der Waals surface area (Å²) in [5, 5.41) is 5.55. The Morgan fingerprint density at radius 1 is 1.25 bits per heavy atom. The average molecular weight is 309 g/mol. The fourth-order valence-corrected chi connectivity index (χ4v) is 4.73. The van der Waals surface area contributed by atoms with Crippen LogP contribution in [0.1, 0.15) is 24.9 Å². The predicted octanol–water partition coefficient (Wildman–Crippen LogP) is 2.41. The molecular formula is C12H15N5OS2. The van der Waals surface area contributed by atoms with Gasteiger partial charge in [0.05, 0.1) is 5.25 Å². The Balaban J connectivity index is 1.82. The number of nitrogen functional groups attached to an aromatic ring is 1. The molecule has 0 amide bonds. The van der Waals surface area contributed by atoms with Gasteiger partial charge >= 0.3 is 0 Å². The van der Waals surface area contributed by atoms with Gasteiger partial charge in [-0.05, 0) is 0 Å². The Morgan fingerprint density at radius 2 is 2.05 bits per heavy atom. The van der Waals surface area contributed by atoms with Gasteiger partial charge in [0.2, 0.25) is 0 Å². The topological polar surface area (TPSA) is 90.7 Å². The van der Waals surface area contributed by atoms with Gasteiger partial charge in [-0.2, -0.15) is 16.7 Å². The summed E-state index contributed by atoms with van der Waals surface area (Å²) in [7, 11) is 0. The molecule has 1 aliphatic heterocycles. The first kappa shape index (κ1) is 13.7. The van der Waals surface area contributed by atoms with Crippen molar-refractivity contribution < 1.29 is 4.52 Å². The van der Waals surface area contributed by atoms with Gasteiger partial charge < -0.3 is 10.3 Å². The zero-order chi connectivity index (χ0) is 14.1. The average Bonchev–Trinajstić information content (AvgIpc) is 2.92. The third-order valence-corrected chi connectivity index (χ3v) is 6.60. The lowest BCUT2D eigenvalue weighted by molar-refractivity contribution is 0.421. The highest BCUT2D eigenvalue weighted by molar-refractivity contribution is 8.07. The molecule has 0 radical (unpaired) electrons. The highest BCUT2D eigenvalue weighted by atomic mass is 32.2. The van der Waals surface area contributed by atoms with Gasteiger partial charge in [-0.15, -0.1) is 11.8 Å². The van der Waals surface area contributed by atoms with E-state index in [-0.39, 0.29) is 5.25 Å². The van der Waals surface area contributed by atoms with Crippen LogP contribution in [0.3, 0.4) is 0 Å². The molecule has 3 heterocycles. The maximum atomic E-state index is 5.77. The van der Waals surface area contributed by atoms with E-state index >= 15 is 0 Å². The summed E-state index contributed by atoms with van der Waals surface area (Å²) in [6.07, 6.45) is 3.09. The van der Waals surface area contributed by atoms with E-state index in [4.69, 9.17) is 10.3 Å². The van der Waals surface area contributed by atoms with Crippen LogP contribution in [-0.2, 0) is 0 Å². The summed E-state index contributed by atoms with van der Waals surface area (Å²) in [4.78, 5) is 12.5. The van der Waals surface area contributed by atoms with Gasteiger partial charge in [0.1, 0.15) is 0 Å². The van der Waals surface area contributed by atoms with Gasteiger partial charge in [-0.25, -0.2) is 9.97 Å². The first-order valence-electron chi connectivity index (χ1n) is 6.32. The van der Waals surface area contributed by atoms with Crippen molar-refractivity contribution in [3.8, 4) is 11.6 Å². The monoisotopic (exact) mass is 309 g/mol. The van der Waals surface area contributed by atoms with Crippen molar-refractivity contribution in [2.45, 2.75) is 29.6 Å². The van der Waals surface area contributed by atoms with Crippen molar-refractivity contribution in [3.05, 3.63) is 18.2 Å². The van der Waals surface area contributed by atoms with E-state index in [0.717, 1.165) is 5.75 Å². The molecule has 0 saturated carbocycles. The maximum Gasteiger partial charge on any atom is 0.280 e. The molecule has 0 bridgehead atoms. The second-order valence-electron chi connectivity index (χ2n) is 4.62. The van der Waals surface area contributed by atoms with Gasteiger partial charge in [0, 0.05) is 28.6 Å². The first-order chi connectivity index (χ1) is 9.65. The van der Waals surface area contributed by atoms with Gasteiger partial charge in [0.25, 0.3) is 5.89 Å². The SMILES string of the molecule is CC1SCC(c2noc(-c3nccnc3N)n2)SC1C. The molecule has 3 unspecified atom stereocenters. The second-order valence-corrected chi connectivity index (χ2v) is 7.61. The molecule has 3 atom stereocenters. The molecule has 8 heteroatoms. The largest absolute Gasteiger partial charge is 0.382 e. The molecule has 1 fully saturated rings. The highest BCUT2D eigenvalue weighted by Gasteiger charge is 2.30. The first-order valence-corrected chi connectivity index (χ1v) is 8.32. The molecule has 6 nitrogen and oxygen atoms in total. The summed E-state index contributed by atoms with van der Waals surface area (Å²) in [5.41, 5.74) is 6.22. The van der Waals surface area contributed by atoms with Crippen molar-refractivity contribution in [2.24, 2.45) is 0 Å². The molecule has 0 aliphatic carbocycles. The molecule has 1 saturated heterocycles. The fraction of sp³-hybridized carbons (Fsp3) is 0.500. The van der Waals surface area contributed by atoms with Crippen LogP contribution in [0.2, 0.25) is 0 Å². The van der Waals surface area contributed by atoms with Crippen molar-refractivity contribution in [3.63, 3.8) is 0 Å². The number of hydrogen-bond acceptors (Lipinski definition) is 8. The van der Waals surface area contributed by atoms with Crippen LogP contribution < -0.4 is 5.73 Å². The van der Waals surface area contributed by atoms with Crippen LogP contribution in [0.5, 0.6) is 0 Å². The molecule has 3 rings (SSSR count). The van der Waals surface area contributed by atoms with Gasteiger partial charge in [-0.1, -0.05) is 19.0 Å². The Kier molecular flexibility index (Phi) is 3.84. The fourth-order valence-electron chi connectivity index (χ4n) is 1.89. The number of rotatable bonds is 2. The predicted molar refractivity (Wildman–Crippen MR) is 81.5 cm³/mol. The summed E-state index contributed by atoms with van der Waals surface area (Å²) >= 11 is 3.83. The number of nitrogens with zero attached hydrogens (tertiary/aromatic N) is 4. The van der Waals surface area contributed by atoms with Crippen molar-refractivity contribution in [1.29, 1.82) is 0 Å². The van der Waals surface area contributed by atoms with E-state index < -0.39 is 0 Å². The Bertz CT molecular complexity index is 605. The number of hydrogen-bond donors (Lipinski definition) is 1. The third kappa shape index (κ3) is 2.62. The van der Waals surface area contributed by atoms with Gasteiger partial charge in [0.15, 0.2) is 17.3 Å². The Morgan fingerprint density at radius 3 is 2.80 bits per heavy atom. The van der Waals surface area contributed by atoms with Gasteiger partial charge in [-0.3, -0.25) is 0 Å². The number of thioether (sulfide) groups is 2. The van der Waals surface area contributed by atoms with E-state index in [1.54, 1.807) is 6.20 Å². The van der Waals surface area contributed by atoms with E-state index in [0.29, 0.717) is 33.7 Å². The molecule has 1 aliphatic rings. The molecule has 0 aromatic carbocycles. The Hall–Kier alpha value is -1.28. The molecule has 106 valence electrons. The summed E-state index contributed by atoms with van der Waals surface area (Å²) in [6.45, 7) is 4.48. The van der Waals surface area contributed by atoms with E-state index in [9.17, 15) is 0 Å². The van der Waals surface area contributed by atoms with Crippen molar-refractivity contribution in [1.82, 2.24) is 20.1 Å².